The quantitative estimate of drug-likeness (QED) is 0.659. The third kappa shape index (κ3) is 4.37. The highest BCUT2D eigenvalue weighted by Gasteiger charge is 2.17. The molecular formula is C17H18N2O2S2. The summed E-state index contributed by atoms with van der Waals surface area (Å²) in [7, 11) is 0. The SMILES string of the molecule is O=C(/C=C(/c1cccs1)N1CCOCC1)Nc1ccc(S)cc1. The molecule has 1 saturated heterocycles. The molecule has 6 heteroatoms. The minimum Gasteiger partial charge on any atom is -0.378 e. The third-order valence-corrected chi connectivity index (χ3v) is 4.72. The van der Waals surface area contributed by atoms with Crippen LogP contribution in [-0.4, -0.2) is 37.1 Å². The summed E-state index contributed by atoms with van der Waals surface area (Å²) in [5, 5.41) is 4.92. The number of hydrogen-bond acceptors (Lipinski definition) is 5. The van der Waals surface area contributed by atoms with E-state index in [1.807, 2.05) is 41.8 Å². The van der Waals surface area contributed by atoms with Crippen LogP contribution < -0.4 is 5.32 Å². The molecule has 0 bridgehead atoms. The molecule has 4 nitrogen and oxygen atoms in total. The Kier molecular flexibility index (Phi) is 5.38. The van der Waals surface area contributed by atoms with E-state index in [1.54, 1.807) is 17.4 Å². The van der Waals surface area contributed by atoms with Crippen LogP contribution in [-0.2, 0) is 9.53 Å². The van der Waals surface area contributed by atoms with Crippen molar-refractivity contribution in [2.24, 2.45) is 0 Å². The summed E-state index contributed by atoms with van der Waals surface area (Å²) in [6, 6.07) is 11.4. The fraction of sp³-hybridized carbons (Fsp3) is 0.235. The minimum atomic E-state index is -0.133. The van der Waals surface area contributed by atoms with E-state index in [4.69, 9.17) is 4.74 Å². The van der Waals surface area contributed by atoms with Crippen molar-refractivity contribution in [2.45, 2.75) is 4.90 Å². The van der Waals surface area contributed by atoms with Crippen LogP contribution in [0.3, 0.4) is 0 Å². The molecule has 1 aliphatic heterocycles. The van der Waals surface area contributed by atoms with Crippen molar-refractivity contribution in [3.05, 3.63) is 52.7 Å². The van der Waals surface area contributed by atoms with Crippen molar-refractivity contribution < 1.29 is 9.53 Å². The van der Waals surface area contributed by atoms with Crippen LogP contribution in [0.15, 0.2) is 52.7 Å². The van der Waals surface area contributed by atoms with Crippen LogP contribution in [0.5, 0.6) is 0 Å². The summed E-state index contributed by atoms with van der Waals surface area (Å²) in [4.78, 5) is 16.5. The van der Waals surface area contributed by atoms with E-state index >= 15 is 0 Å². The first-order valence-corrected chi connectivity index (χ1v) is 8.73. The molecule has 1 fully saturated rings. The van der Waals surface area contributed by atoms with E-state index < -0.39 is 0 Å². The van der Waals surface area contributed by atoms with Gasteiger partial charge in [0.05, 0.1) is 23.8 Å². The Morgan fingerprint density at radius 1 is 1.22 bits per heavy atom. The molecule has 1 N–H and O–H groups in total. The summed E-state index contributed by atoms with van der Waals surface area (Å²) in [5.41, 5.74) is 1.71. The van der Waals surface area contributed by atoms with Crippen molar-refractivity contribution >= 4 is 41.3 Å². The number of nitrogens with zero attached hydrogens (tertiary/aromatic N) is 1. The molecule has 0 spiro atoms. The van der Waals surface area contributed by atoms with E-state index in [0.29, 0.717) is 13.2 Å². The van der Waals surface area contributed by atoms with Crippen LogP contribution in [0.1, 0.15) is 4.88 Å². The molecule has 1 amide bonds. The number of ether oxygens (including phenoxy) is 1. The zero-order valence-corrected chi connectivity index (χ0v) is 14.3. The minimum absolute atomic E-state index is 0.133. The summed E-state index contributed by atoms with van der Waals surface area (Å²) < 4.78 is 5.41. The lowest BCUT2D eigenvalue weighted by atomic mass is 10.2. The molecular weight excluding hydrogens is 328 g/mol. The van der Waals surface area contributed by atoms with Gasteiger partial charge in [-0.2, -0.15) is 0 Å². The van der Waals surface area contributed by atoms with Gasteiger partial charge in [0, 0.05) is 29.7 Å². The number of carbonyl (C=O) groups excluding carboxylic acids is 1. The lowest BCUT2D eigenvalue weighted by Gasteiger charge is -2.30. The maximum absolute atomic E-state index is 12.4. The van der Waals surface area contributed by atoms with Crippen LogP contribution in [0.2, 0.25) is 0 Å². The first-order valence-electron chi connectivity index (χ1n) is 7.41. The lowest BCUT2D eigenvalue weighted by Crippen LogP contribution is -2.35. The van der Waals surface area contributed by atoms with Crippen molar-refractivity contribution in [3.63, 3.8) is 0 Å². The van der Waals surface area contributed by atoms with Crippen LogP contribution >= 0.6 is 24.0 Å². The second kappa shape index (κ2) is 7.68. The molecule has 0 aliphatic carbocycles. The largest absolute Gasteiger partial charge is 0.378 e. The van der Waals surface area contributed by atoms with Crippen molar-refractivity contribution in [1.82, 2.24) is 4.90 Å². The summed E-state index contributed by atoms with van der Waals surface area (Å²) >= 11 is 5.88. The second-order valence-electron chi connectivity index (χ2n) is 5.14. The average molecular weight is 346 g/mol. The molecule has 23 heavy (non-hydrogen) atoms. The van der Waals surface area contributed by atoms with Gasteiger partial charge in [0.1, 0.15) is 0 Å². The van der Waals surface area contributed by atoms with Crippen molar-refractivity contribution in [2.75, 3.05) is 31.6 Å². The van der Waals surface area contributed by atoms with Gasteiger partial charge in [0.25, 0.3) is 0 Å². The van der Waals surface area contributed by atoms with Gasteiger partial charge in [0.2, 0.25) is 5.91 Å². The number of carbonyl (C=O) groups is 1. The summed E-state index contributed by atoms with van der Waals surface area (Å²) in [5.74, 6) is -0.133. The lowest BCUT2D eigenvalue weighted by molar-refractivity contribution is -0.111. The highest BCUT2D eigenvalue weighted by molar-refractivity contribution is 7.80. The van der Waals surface area contributed by atoms with E-state index in [9.17, 15) is 4.79 Å². The van der Waals surface area contributed by atoms with Crippen molar-refractivity contribution in [1.29, 1.82) is 0 Å². The van der Waals surface area contributed by atoms with Crippen LogP contribution in [0.25, 0.3) is 5.70 Å². The number of nitrogens with one attached hydrogen (secondary N) is 1. The number of thiol groups is 1. The molecule has 0 unspecified atom stereocenters. The number of thiophene rings is 1. The fourth-order valence-electron chi connectivity index (χ4n) is 2.39. The number of amides is 1. The Balaban J connectivity index is 1.79. The third-order valence-electron chi connectivity index (χ3n) is 3.53. The van der Waals surface area contributed by atoms with Gasteiger partial charge in [-0.15, -0.1) is 24.0 Å². The van der Waals surface area contributed by atoms with Gasteiger partial charge in [-0.3, -0.25) is 4.79 Å². The van der Waals surface area contributed by atoms with E-state index in [-0.39, 0.29) is 5.91 Å². The normalized spacial score (nSPS) is 15.5. The topological polar surface area (TPSA) is 41.6 Å². The first kappa shape index (κ1) is 16.1. The summed E-state index contributed by atoms with van der Waals surface area (Å²) in [6.45, 7) is 2.97. The molecule has 0 saturated carbocycles. The van der Waals surface area contributed by atoms with Crippen molar-refractivity contribution in [3.8, 4) is 0 Å². The monoisotopic (exact) mass is 346 g/mol. The van der Waals surface area contributed by atoms with Gasteiger partial charge in [-0.1, -0.05) is 6.07 Å². The van der Waals surface area contributed by atoms with E-state index in [0.717, 1.165) is 34.2 Å². The maximum atomic E-state index is 12.4. The molecule has 0 atom stereocenters. The predicted octanol–water partition coefficient (Wildman–Crippen LogP) is 3.35. The van der Waals surface area contributed by atoms with Gasteiger partial charge in [0.15, 0.2) is 0 Å². The Bertz CT molecular complexity index is 675. The van der Waals surface area contributed by atoms with Crippen LogP contribution in [0, 0.1) is 0 Å². The number of rotatable bonds is 4. The Hall–Kier alpha value is -1.76. The molecule has 120 valence electrons. The van der Waals surface area contributed by atoms with E-state index in [1.165, 1.54) is 0 Å². The fourth-order valence-corrected chi connectivity index (χ4v) is 3.31. The highest BCUT2D eigenvalue weighted by atomic mass is 32.1. The first-order chi connectivity index (χ1) is 11.2. The smallest absolute Gasteiger partial charge is 0.250 e. The number of morpholine rings is 1. The molecule has 0 radical (unpaired) electrons. The number of anilines is 1. The zero-order valence-electron chi connectivity index (χ0n) is 12.6. The van der Waals surface area contributed by atoms with Gasteiger partial charge in [-0.25, -0.2) is 0 Å². The predicted molar refractivity (Wildman–Crippen MR) is 97.0 cm³/mol. The average Bonchev–Trinajstić information content (AvgIpc) is 3.10. The second-order valence-corrected chi connectivity index (χ2v) is 6.61. The molecule has 1 aliphatic rings. The standard InChI is InChI=1S/C17H18N2O2S2/c20-17(18-13-3-5-14(22)6-4-13)12-15(16-2-1-11-23-16)19-7-9-21-10-8-19/h1-6,11-12,22H,7-10H2,(H,18,20)/b15-12-. The molecule has 1 aromatic heterocycles. The molecule has 2 heterocycles. The van der Waals surface area contributed by atoms with Gasteiger partial charge < -0.3 is 15.0 Å². The summed E-state index contributed by atoms with van der Waals surface area (Å²) in [6.07, 6.45) is 1.67. The zero-order chi connectivity index (χ0) is 16.1. The highest BCUT2D eigenvalue weighted by Crippen LogP contribution is 2.25. The number of hydrogen-bond donors (Lipinski definition) is 2. The Morgan fingerprint density at radius 2 is 1.96 bits per heavy atom. The number of benzene rings is 1. The molecule has 1 aromatic carbocycles. The Morgan fingerprint density at radius 3 is 2.61 bits per heavy atom. The van der Waals surface area contributed by atoms with E-state index in [2.05, 4.69) is 22.8 Å². The van der Waals surface area contributed by atoms with Gasteiger partial charge >= 0.3 is 0 Å². The van der Waals surface area contributed by atoms with Gasteiger partial charge in [-0.05, 0) is 35.7 Å². The molecule has 3 rings (SSSR count). The maximum Gasteiger partial charge on any atom is 0.250 e. The van der Waals surface area contributed by atoms with Crippen LogP contribution in [0.4, 0.5) is 5.69 Å². The molecule has 2 aromatic rings. The Labute approximate surface area is 145 Å².